The molecule has 1 aromatic rings. The largest absolute Gasteiger partial charge is 0.382 e. The summed E-state index contributed by atoms with van der Waals surface area (Å²) in [7, 11) is 0. The van der Waals surface area contributed by atoms with Gasteiger partial charge in [0.15, 0.2) is 0 Å². The molecule has 2 amide bonds. The Morgan fingerprint density at radius 2 is 2.23 bits per heavy atom. The normalized spacial score (nSPS) is 27.8. The van der Waals surface area contributed by atoms with Crippen LogP contribution in [-0.4, -0.2) is 37.2 Å². The molecule has 5 heteroatoms. The maximum Gasteiger partial charge on any atom is 0.315 e. The molecule has 0 aromatic heterocycles. The van der Waals surface area contributed by atoms with Gasteiger partial charge in [0.2, 0.25) is 0 Å². The average molecular weight is 302 g/mol. The van der Waals surface area contributed by atoms with E-state index < -0.39 is 0 Å². The minimum Gasteiger partial charge on any atom is -0.382 e. The van der Waals surface area contributed by atoms with Crippen LogP contribution >= 0.6 is 0 Å². The zero-order valence-corrected chi connectivity index (χ0v) is 13.4. The van der Waals surface area contributed by atoms with E-state index >= 15 is 0 Å². The molecule has 4 atom stereocenters. The van der Waals surface area contributed by atoms with Crippen LogP contribution in [0.2, 0.25) is 0 Å². The van der Waals surface area contributed by atoms with Gasteiger partial charge in [-0.15, -0.1) is 0 Å². The molecule has 2 heterocycles. The Labute approximate surface area is 132 Å². The lowest BCUT2D eigenvalue weighted by molar-refractivity contribution is 0.233. The third kappa shape index (κ3) is 3.35. The second kappa shape index (κ2) is 6.57. The van der Waals surface area contributed by atoms with E-state index in [-0.39, 0.29) is 18.1 Å². The third-order valence-electron chi connectivity index (χ3n) is 4.73. The minimum atomic E-state index is -0.0481. The van der Waals surface area contributed by atoms with Crippen LogP contribution in [0.5, 0.6) is 0 Å². The SMILES string of the molecule is CC1Nc2ccccc2C1C[C@H](C)NC(=O)N[C@H]1CCNC1. The minimum absolute atomic E-state index is 0.0481. The molecule has 1 aromatic carbocycles. The second-order valence-corrected chi connectivity index (χ2v) is 6.57. The number of rotatable bonds is 4. The molecule has 0 bridgehead atoms. The highest BCUT2D eigenvalue weighted by atomic mass is 16.2. The first kappa shape index (κ1) is 15.2. The van der Waals surface area contributed by atoms with E-state index in [1.165, 1.54) is 11.3 Å². The number of para-hydroxylation sites is 1. The Morgan fingerprint density at radius 1 is 1.41 bits per heavy atom. The molecule has 5 nitrogen and oxygen atoms in total. The summed E-state index contributed by atoms with van der Waals surface area (Å²) >= 11 is 0. The van der Waals surface area contributed by atoms with Gasteiger partial charge in [0, 0.05) is 36.3 Å². The first-order valence-electron chi connectivity index (χ1n) is 8.26. The van der Waals surface area contributed by atoms with Gasteiger partial charge in [0.25, 0.3) is 0 Å². The summed E-state index contributed by atoms with van der Waals surface area (Å²) in [5, 5.41) is 12.9. The summed E-state index contributed by atoms with van der Waals surface area (Å²) in [5.41, 5.74) is 2.60. The summed E-state index contributed by atoms with van der Waals surface area (Å²) in [6, 6.07) is 9.23. The van der Waals surface area contributed by atoms with Crippen molar-refractivity contribution in [2.24, 2.45) is 0 Å². The number of hydrogen-bond acceptors (Lipinski definition) is 3. The summed E-state index contributed by atoms with van der Waals surface area (Å²) in [4.78, 5) is 12.0. The molecule has 1 saturated heterocycles. The van der Waals surface area contributed by atoms with Crippen molar-refractivity contribution >= 4 is 11.7 Å². The van der Waals surface area contributed by atoms with Crippen molar-refractivity contribution in [3.05, 3.63) is 29.8 Å². The molecule has 2 unspecified atom stereocenters. The predicted octanol–water partition coefficient (Wildman–Crippen LogP) is 2.02. The van der Waals surface area contributed by atoms with Crippen molar-refractivity contribution < 1.29 is 4.79 Å². The predicted molar refractivity (Wildman–Crippen MR) is 89.3 cm³/mol. The van der Waals surface area contributed by atoms with Crippen LogP contribution in [0, 0.1) is 0 Å². The fourth-order valence-corrected chi connectivity index (χ4v) is 3.57. The maximum atomic E-state index is 12.0. The fourth-order valence-electron chi connectivity index (χ4n) is 3.57. The quantitative estimate of drug-likeness (QED) is 0.688. The summed E-state index contributed by atoms with van der Waals surface area (Å²) < 4.78 is 0. The number of urea groups is 1. The Kier molecular flexibility index (Phi) is 4.52. The molecular formula is C17H26N4O. The first-order chi connectivity index (χ1) is 10.6. The van der Waals surface area contributed by atoms with Crippen molar-refractivity contribution in [3.63, 3.8) is 0 Å². The summed E-state index contributed by atoms with van der Waals surface area (Å²) in [6.07, 6.45) is 1.96. The number of benzene rings is 1. The van der Waals surface area contributed by atoms with Gasteiger partial charge in [-0.1, -0.05) is 18.2 Å². The molecule has 0 aliphatic carbocycles. The molecule has 2 aliphatic heterocycles. The van der Waals surface area contributed by atoms with Crippen molar-refractivity contribution in [3.8, 4) is 0 Å². The highest BCUT2D eigenvalue weighted by Crippen LogP contribution is 2.38. The van der Waals surface area contributed by atoms with Crippen molar-refractivity contribution in [2.45, 2.75) is 50.7 Å². The van der Waals surface area contributed by atoms with Gasteiger partial charge in [0.05, 0.1) is 0 Å². The summed E-state index contributed by atoms with van der Waals surface area (Å²) in [6.45, 7) is 6.16. The van der Waals surface area contributed by atoms with E-state index in [0.29, 0.717) is 12.0 Å². The van der Waals surface area contributed by atoms with Crippen LogP contribution in [0.3, 0.4) is 0 Å². The maximum absolute atomic E-state index is 12.0. The summed E-state index contributed by atoms with van der Waals surface area (Å²) in [5.74, 6) is 0.444. The van der Waals surface area contributed by atoms with Gasteiger partial charge >= 0.3 is 6.03 Å². The lowest BCUT2D eigenvalue weighted by Gasteiger charge is -2.22. The van der Waals surface area contributed by atoms with Crippen LogP contribution in [0.15, 0.2) is 24.3 Å². The molecule has 120 valence electrons. The number of nitrogens with one attached hydrogen (secondary N) is 4. The van der Waals surface area contributed by atoms with Gasteiger partial charge in [-0.25, -0.2) is 4.79 Å². The van der Waals surface area contributed by atoms with Gasteiger partial charge in [-0.2, -0.15) is 0 Å². The molecule has 22 heavy (non-hydrogen) atoms. The van der Waals surface area contributed by atoms with Crippen LogP contribution in [0.4, 0.5) is 10.5 Å². The standard InChI is InChI=1S/C17H26N4O/c1-11(19-17(22)21-13-7-8-18-10-13)9-15-12(2)20-16-6-4-3-5-14(15)16/h3-6,11-13,15,18,20H,7-10H2,1-2H3,(H2,19,21,22)/t11-,12?,13-,15?/m0/s1. The van der Waals surface area contributed by atoms with E-state index in [1.54, 1.807) is 0 Å². The third-order valence-corrected chi connectivity index (χ3v) is 4.73. The van der Waals surface area contributed by atoms with E-state index in [4.69, 9.17) is 0 Å². The Morgan fingerprint density at radius 3 is 3.00 bits per heavy atom. The molecule has 0 saturated carbocycles. The van der Waals surface area contributed by atoms with E-state index in [1.807, 2.05) is 0 Å². The number of amides is 2. The van der Waals surface area contributed by atoms with Crippen LogP contribution in [0.1, 0.15) is 38.2 Å². The number of carbonyl (C=O) groups excluding carboxylic acids is 1. The molecule has 0 radical (unpaired) electrons. The van der Waals surface area contributed by atoms with Gasteiger partial charge < -0.3 is 21.3 Å². The zero-order valence-electron chi connectivity index (χ0n) is 13.4. The first-order valence-corrected chi connectivity index (χ1v) is 8.26. The molecule has 2 aliphatic rings. The highest BCUT2D eigenvalue weighted by Gasteiger charge is 2.30. The monoisotopic (exact) mass is 302 g/mol. The smallest absolute Gasteiger partial charge is 0.315 e. The van der Waals surface area contributed by atoms with E-state index in [9.17, 15) is 4.79 Å². The van der Waals surface area contributed by atoms with Crippen LogP contribution < -0.4 is 21.3 Å². The molecule has 1 fully saturated rings. The Hall–Kier alpha value is -1.75. The molecular weight excluding hydrogens is 276 g/mol. The lowest BCUT2D eigenvalue weighted by atomic mass is 9.90. The second-order valence-electron chi connectivity index (χ2n) is 6.57. The number of fused-ring (bicyclic) bond motifs is 1. The molecule has 3 rings (SSSR count). The lowest BCUT2D eigenvalue weighted by Crippen LogP contribution is -2.46. The van der Waals surface area contributed by atoms with Crippen molar-refractivity contribution in [2.75, 3.05) is 18.4 Å². The van der Waals surface area contributed by atoms with E-state index in [2.05, 4.69) is 59.4 Å². The number of hydrogen-bond donors (Lipinski definition) is 4. The van der Waals surface area contributed by atoms with E-state index in [0.717, 1.165) is 25.9 Å². The fraction of sp³-hybridized carbons (Fsp3) is 0.588. The zero-order chi connectivity index (χ0) is 15.5. The highest BCUT2D eigenvalue weighted by molar-refractivity contribution is 5.74. The average Bonchev–Trinajstić information content (AvgIpc) is 3.08. The number of carbonyl (C=O) groups is 1. The van der Waals surface area contributed by atoms with Gasteiger partial charge in [0.1, 0.15) is 0 Å². The van der Waals surface area contributed by atoms with Gasteiger partial charge in [-0.3, -0.25) is 0 Å². The number of anilines is 1. The Bertz CT molecular complexity index is 527. The molecule has 4 N–H and O–H groups in total. The van der Waals surface area contributed by atoms with Crippen LogP contribution in [-0.2, 0) is 0 Å². The van der Waals surface area contributed by atoms with Crippen molar-refractivity contribution in [1.82, 2.24) is 16.0 Å². The van der Waals surface area contributed by atoms with Gasteiger partial charge in [-0.05, 0) is 44.9 Å². The van der Waals surface area contributed by atoms with Crippen molar-refractivity contribution in [1.29, 1.82) is 0 Å². The van der Waals surface area contributed by atoms with Crippen LogP contribution in [0.25, 0.3) is 0 Å². The topological polar surface area (TPSA) is 65.2 Å². The molecule has 0 spiro atoms. The Balaban J connectivity index is 1.53.